The Morgan fingerprint density at radius 3 is 1.71 bits per heavy atom. The number of fused-ring (bicyclic) bond motifs is 4. The van der Waals surface area contributed by atoms with Crippen molar-refractivity contribution in [3.63, 3.8) is 0 Å². The fourth-order valence-corrected chi connectivity index (χ4v) is 8.57. The molecule has 0 radical (unpaired) electrons. The topological polar surface area (TPSA) is 79.5 Å². The number of nitrogens with zero attached hydrogens (tertiary/aromatic N) is 4. The molecule has 10 aromatic rings. The summed E-state index contributed by atoms with van der Waals surface area (Å²) < 4.78 is 2.31. The highest BCUT2D eigenvalue weighted by Crippen LogP contribution is 2.40. The van der Waals surface area contributed by atoms with Crippen molar-refractivity contribution in [2.45, 2.75) is 0 Å². The lowest BCUT2D eigenvalue weighted by atomic mass is 9.87. The van der Waals surface area contributed by atoms with E-state index in [4.69, 9.17) is 15.0 Å². The van der Waals surface area contributed by atoms with Gasteiger partial charge in [-0.2, -0.15) is 0 Å². The van der Waals surface area contributed by atoms with E-state index in [1.807, 2.05) is 84.9 Å². The zero-order valence-corrected chi connectivity index (χ0v) is 33.6. The van der Waals surface area contributed by atoms with Crippen molar-refractivity contribution in [2.75, 3.05) is 0 Å². The van der Waals surface area contributed by atoms with Crippen LogP contribution in [0.1, 0.15) is 27.8 Å². The summed E-state index contributed by atoms with van der Waals surface area (Å²) in [7, 11) is 0. The van der Waals surface area contributed by atoms with Gasteiger partial charge in [0, 0.05) is 55.5 Å². The summed E-state index contributed by atoms with van der Waals surface area (Å²) in [5.41, 5.74) is 13.9. The lowest BCUT2D eigenvalue weighted by Gasteiger charge is -2.26. The summed E-state index contributed by atoms with van der Waals surface area (Å²) in [6.45, 7) is 0. The van der Waals surface area contributed by atoms with E-state index in [1.54, 1.807) is 0 Å². The van der Waals surface area contributed by atoms with E-state index in [2.05, 4.69) is 143 Å². The first-order valence-corrected chi connectivity index (χ1v) is 20.7. The molecule has 3 heterocycles. The summed E-state index contributed by atoms with van der Waals surface area (Å²) >= 11 is 0. The number of nitrogens with one attached hydrogen (secondary N) is 2. The van der Waals surface area contributed by atoms with Gasteiger partial charge in [0.05, 0.1) is 22.4 Å². The summed E-state index contributed by atoms with van der Waals surface area (Å²) in [5, 5.41) is 15.7. The maximum atomic E-state index is 9.77. The number of aromatic nitrogens is 4. The molecule has 6 nitrogen and oxygen atoms in total. The highest BCUT2D eigenvalue weighted by molar-refractivity contribution is 6.36. The van der Waals surface area contributed by atoms with Gasteiger partial charge in [0.15, 0.2) is 17.5 Å². The number of allylic oxidation sites excluding steroid dienone is 1. The van der Waals surface area contributed by atoms with Crippen molar-refractivity contribution >= 4 is 50.6 Å². The van der Waals surface area contributed by atoms with Crippen molar-refractivity contribution in [3.05, 3.63) is 240 Å². The second kappa shape index (κ2) is 15.6. The summed E-state index contributed by atoms with van der Waals surface area (Å²) in [6, 6.07) is 72.4. The van der Waals surface area contributed by atoms with E-state index < -0.39 is 0 Å². The quantitative estimate of drug-likeness (QED) is 0.150. The molecular weight excluding hydrogens is 757 g/mol. The van der Waals surface area contributed by atoms with E-state index in [0.717, 1.165) is 89.0 Å². The SMILES string of the molecule is N=C(/C(=C1\NC(c2ccccc2)=Cc2ccccc21)c1ccc(-c2nc(-c3ccccc3)nc(-c3cccc4c3c3ccccc3n4-c3ccccc3)n2)cc1)c1ccccc1. The second-order valence-corrected chi connectivity index (χ2v) is 15.3. The molecule has 1 aliphatic heterocycles. The van der Waals surface area contributed by atoms with Crippen molar-refractivity contribution in [2.24, 2.45) is 0 Å². The first-order chi connectivity index (χ1) is 30.7. The molecule has 62 heavy (non-hydrogen) atoms. The molecule has 0 aliphatic carbocycles. The summed E-state index contributed by atoms with van der Waals surface area (Å²) in [4.78, 5) is 15.5. The number of rotatable bonds is 8. The maximum Gasteiger partial charge on any atom is 0.164 e. The third-order valence-corrected chi connectivity index (χ3v) is 11.5. The van der Waals surface area contributed by atoms with Crippen LogP contribution in [0.4, 0.5) is 0 Å². The Balaban J connectivity index is 1.08. The molecule has 0 saturated carbocycles. The first kappa shape index (κ1) is 36.6. The van der Waals surface area contributed by atoms with Crippen LogP contribution in [0.2, 0.25) is 0 Å². The molecule has 2 aromatic heterocycles. The predicted octanol–water partition coefficient (Wildman–Crippen LogP) is 13.0. The van der Waals surface area contributed by atoms with E-state index >= 15 is 0 Å². The van der Waals surface area contributed by atoms with E-state index in [1.165, 1.54) is 0 Å². The minimum Gasteiger partial charge on any atom is -0.354 e. The van der Waals surface area contributed by atoms with E-state index in [9.17, 15) is 5.41 Å². The molecule has 0 unspecified atom stereocenters. The Labute approximate surface area is 359 Å². The Kier molecular flexibility index (Phi) is 9.21. The largest absolute Gasteiger partial charge is 0.354 e. The van der Waals surface area contributed by atoms with Gasteiger partial charge in [0.2, 0.25) is 0 Å². The minimum absolute atomic E-state index is 0.418. The zero-order valence-electron chi connectivity index (χ0n) is 33.6. The highest BCUT2D eigenvalue weighted by atomic mass is 15.0. The molecule has 8 aromatic carbocycles. The monoisotopic (exact) mass is 794 g/mol. The van der Waals surface area contributed by atoms with E-state index in [-0.39, 0.29) is 0 Å². The van der Waals surface area contributed by atoms with Crippen molar-refractivity contribution in [1.82, 2.24) is 24.8 Å². The Hall–Kier alpha value is -8.48. The van der Waals surface area contributed by atoms with Gasteiger partial charge in [0.25, 0.3) is 0 Å². The van der Waals surface area contributed by atoms with Crippen LogP contribution in [-0.4, -0.2) is 25.2 Å². The lowest BCUT2D eigenvalue weighted by molar-refractivity contribution is 1.08. The Morgan fingerprint density at radius 1 is 0.435 bits per heavy atom. The van der Waals surface area contributed by atoms with Crippen LogP contribution < -0.4 is 5.32 Å². The molecular formula is C56H38N6. The highest BCUT2D eigenvalue weighted by Gasteiger charge is 2.25. The van der Waals surface area contributed by atoms with Gasteiger partial charge in [-0.15, -0.1) is 0 Å². The second-order valence-electron chi connectivity index (χ2n) is 15.3. The lowest BCUT2D eigenvalue weighted by Crippen LogP contribution is -2.20. The van der Waals surface area contributed by atoms with Crippen molar-refractivity contribution < 1.29 is 0 Å². The zero-order chi connectivity index (χ0) is 41.4. The molecule has 0 saturated heterocycles. The van der Waals surface area contributed by atoms with Gasteiger partial charge in [-0.25, -0.2) is 15.0 Å². The van der Waals surface area contributed by atoms with Gasteiger partial charge in [-0.05, 0) is 47.0 Å². The molecule has 0 spiro atoms. The fraction of sp³-hybridized carbons (Fsp3) is 0. The van der Waals surface area contributed by atoms with Crippen LogP contribution in [0.15, 0.2) is 212 Å². The minimum atomic E-state index is 0.418. The average Bonchev–Trinajstić information content (AvgIpc) is 3.70. The maximum absolute atomic E-state index is 9.77. The van der Waals surface area contributed by atoms with Crippen molar-refractivity contribution in [3.8, 4) is 39.9 Å². The molecule has 0 atom stereocenters. The molecule has 6 heteroatoms. The van der Waals surface area contributed by atoms with Crippen LogP contribution in [0.5, 0.6) is 0 Å². The summed E-state index contributed by atoms with van der Waals surface area (Å²) in [6.07, 6.45) is 2.18. The van der Waals surface area contributed by atoms with Crippen LogP contribution in [0.3, 0.4) is 0 Å². The van der Waals surface area contributed by atoms with Crippen molar-refractivity contribution in [1.29, 1.82) is 5.41 Å². The van der Waals surface area contributed by atoms with Crippen LogP contribution >= 0.6 is 0 Å². The van der Waals surface area contributed by atoms with Gasteiger partial charge in [0.1, 0.15) is 0 Å². The predicted molar refractivity (Wildman–Crippen MR) is 254 cm³/mol. The summed E-state index contributed by atoms with van der Waals surface area (Å²) in [5.74, 6) is 1.75. The van der Waals surface area contributed by atoms with Gasteiger partial charge in [-0.3, -0.25) is 5.41 Å². The number of para-hydroxylation sites is 2. The van der Waals surface area contributed by atoms with Gasteiger partial charge < -0.3 is 9.88 Å². The number of hydrogen-bond acceptors (Lipinski definition) is 5. The molecule has 292 valence electrons. The molecule has 0 bridgehead atoms. The normalized spacial score (nSPS) is 13.0. The molecule has 11 rings (SSSR count). The van der Waals surface area contributed by atoms with Crippen LogP contribution in [0, 0.1) is 5.41 Å². The number of hydrogen-bond donors (Lipinski definition) is 2. The number of benzene rings is 8. The van der Waals surface area contributed by atoms with E-state index in [0.29, 0.717) is 23.2 Å². The Bertz CT molecular complexity index is 3350. The third kappa shape index (κ3) is 6.57. The first-order valence-electron chi connectivity index (χ1n) is 20.7. The smallest absolute Gasteiger partial charge is 0.164 e. The molecule has 0 amide bonds. The average molecular weight is 795 g/mol. The molecule has 0 fully saturated rings. The molecule has 2 N–H and O–H groups in total. The van der Waals surface area contributed by atoms with Crippen LogP contribution in [-0.2, 0) is 0 Å². The Morgan fingerprint density at radius 2 is 0.984 bits per heavy atom. The standard InChI is InChI=1S/C56H38N6/c57-52(39-20-7-2-8-21-39)50(53-44-27-14-13-24-42(44)36-47(58-53)37-18-5-1-6-19-37)38-32-34-41(35-33-38)55-59-54(40-22-9-3-10-23-40)60-56(61-55)46-29-17-31-49-51(46)45-28-15-16-30-48(45)62(49)43-25-11-4-12-26-43/h1-36,57-58H/b53-50-,57-52?. The third-order valence-electron chi connectivity index (χ3n) is 11.5. The molecule has 1 aliphatic rings. The fourth-order valence-electron chi connectivity index (χ4n) is 8.57. The van der Waals surface area contributed by atoms with Gasteiger partial charge in [-0.1, -0.05) is 188 Å². The van der Waals surface area contributed by atoms with Gasteiger partial charge >= 0.3 is 0 Å². The van der Waals surface area contributed by atoms with Crippen LogP contribution in [0.25, 0.3) is 84.7 Å².